The van der Waals surface area contributed by atoms with Gasteiger partial charge in [-0.1, -0.05) is 6.07 Å². The molecule has 2 aromatic rings. The van der Waals surface area contributed by atoms with E-state index in [0.29, 0.717) is 0 Å². The quantitative estimate of drug-likeness (QED) is 0.891. The first-order valence-corrected chi connectivity index (χ1v) is 9.58. The molecule has 0 aliphatic carbocycles. The molecule has 6 heteroatoms. The summed E-state index contributed by atoms with van der Waals surface area (Å²) in [5.41, 5.74) is 1.80. The molecule has 0 unspecified atom stereocenters. The van der Waals surface area contributed by atoms with Crippen molar-refractivity contribution in [3.8, 4) is 0 Å². The number of carbonyl (C=O) groups is 1. The first kappa shape index (κ1) is 17.5. The molecule has 1 aromatic heterocycles. The van der Waals surface area contributed by atoms with Gasteiger partial charge in [0.15, 0.2) is 0 Å². The van der Waals surface area contributed by atoms with E-state index >= 15 is 0 Å². The molecule has 6 nitrogen and oxygen atoms in total. The van der Waals surface area contributed by atoms with Crippen molar-refractivity contribution in [2.45, 2.75) is 18.9 Å². The number of aromatic nitrogens is 1. The molecule has 0 saturated carbocycles. The summed E-state index contributed by atoms with van der Waals surface area (Å²) in [5, 5.41) is 1.00. The molecule has 0 bridgehead atoms. The van der Waals surface area contributed by atoms with Gasteiger partial charge in [-0.15, -0.1) is 0 Å². The van der Waals surface area contributed by atoms with Crippen LogP contribution in [0.15, 0.2) is 30.5 Å². The van der Waals surface area contributed by atoms with E-state index in [1.165, 1.54) is 0 Å². The highest BCUT2D eigenvalue weighted by atomic mass is 16.5. The maximum absolute atomic E-state index is 13.5. The third kappa shape index (κ3) is 3.77. The van der Waals surface area contributed by atoms with Gasteiger partial charge in [0.1, 0.15) is 0 Å². The first-order valence-electron chi connectivity index (χ1n) is 9.58. The minimum absolute atomic E-state index is 0.135. The van der Waals surface area contributed by atoms with Crippen molar-refractivity contribution in [1.82, 2.24) is 14.8 Å². The zero-order valence-corrected chi connectivity index (χ0v) is 15.2. The number of fused-ring (bicyclic) bond motifs is 1. The van der Waals surface area contributed by atoms with Crippen LogP contribution in [0.4, 0.5) is 0 Å². The van der Waals surface area contributed by atoms with Gasteiger partial charge in [-0.25, -0.2) is 0 Å². The van der Waals surface area contributed by atoms with E-state index in [9.17, 15) is 4.79 Å². The van der Waals surface area contributed by atoms with Crippen LogP contribution in [0.5, 0.6) is 0 Å². The number of carbonyl (C=O) groups excluding carboxylic acids is 1. The highest BCUT2D eigenvalue weighted by Crippen LogP contribution is 2.23. The molecule has 1 N–H and O–H groups in total. The predicted molar refractivity (Wildman–Crippen MR) is 100 cm³/mol. The van der Waals surface area contributed by atoms with E-state index < -0.39 is 0 Å². The summed E-state index contributed by atoms with van der Waals surface area (Å²) in [6.07, 6.45) is 3.73. The summed E-state index contributed by atoms with van der Waals surface area (Å²) in [6.45, 7) is 6.59. The van der Waals surface area contributed by atoms with Crippen molar-refractivity contribution in [2.75, 3.05) is 52.6 Å². The van der Waals surface area contributed by atoms with Gasteiger partial charge in [-0.2, -0.15) is 0 Å². The van der Waals surface area contributed by atoms with Crippen molar-refractivity contribution < 1.29 is 14.3 Å². The Balaban J connectivity index is 1.54. The zero-order chi connectivity index (χ0) is 17.8. The van der Waals surface area contributed by atoms with Crippen LogP contribution in [0, 0.1) is 0 Å². The van der Waals surface area contributed by atoms with Crippen LogP contribution in [-0.2, 0) is 9.47 Å². The summed E-state index contributed by atoms with van der Waals surface area (Å²) in [4.78, 5) is 21.1. The molecular formula is C20H27N3O3. The van der Waals surface area contributed by atoms with Gasteiger partial charge in [0, 0.05) is 68.1 Å². The number of morpholine rings is 1. The van der Waals surface area contributed by atoms with Crippen LogP contribution in [0.3, 0.4) is 0 Å². The molecule has 1 amide bonds. The SMILES string of the molecule is O=C(c1cccc2[nH]ccc12)N(CCN1CCOCC1)C1CCOCC1. The van der Waals surface area contributed by atoms with Gasteiger partial charge >= 0.3 is 0 Å². The predicted octanol–water partition coefficient (Wildman–Crippen LogP) is 2.12. The van der Waals surface area contributed by atoms with Crippen LogP contribution in [-0.4, -0.2) is 79.3 Å². The van der Waals surface area contributed by atoms with Crippen LogP contribution in [0.2, 0.25) is 0 Å². The van der Waals surface area contributed by atoms with Crippen LogP contribution in [0.1, 0.15) is 23.2 Å². The number of hydrogen-bond acceptors (Lipinski definition) is 4. The summed E-state index contributed by atoms with van der Waals surface area (Å²) in [6, 6.07) is 8.16. The van der Waals surface area contributed by atoms with Gasteiger partial charge in [0.25, 0.3) is 5.91 Å². The first-order chi connectivity index (χ1) is 12.8. The molecule has 140 valence electrons. The number of ether oxygens (including phenoxy) is 2. The summed E-state index contributed by atoms with van der Waals surface area (Å²) < 4.78 is 11.0. The number of benzene rings is 1. The zero-order valence-electron chi connectivity index (χ0n) is 15.2. The molecule has 0 spiro atoms. The van der Waals surface area contributed by atoms with E-state index in [1.807, 2.05) is 30.5 Å². The lowest BCUT2D eigenvalue weighted by Crippen LogP contribution is -2.48. The molecule has 26 heavy (non-hydrogen) atoms. The maximum atomic E-state index is 13.5. The fourth-order valence-corrected chi connectivity index (χ4v) is 3.95. The lowest BCUT2D eigenvalue weighted by molar-refractivity contribution is 0.0142. The highest BCUT2D eigenvalue weighted by Gasteiger charge is 2.28. The van der Waals surface area contributed by atoms with E-state index in [0.717, 1.165) is 81.9 Å². The second kappa shape index (κ2) is 8.20. The van der Waals surface area contributed by atoms with E-state index in [1.54, 1.807) is 0 Å². The molecule has 2 aliphatic rings. The monoisotopic (exact) mass is 357 g/mol. The topological polar surface area (TPSA) is 57.8 Å². The third-order valence-corrected chi connectivity index (χ3v) is 5.48. The standard InChI is InChI=1S/C20H27N3O3/c24-20(18-2-1-3-19-17(18)4-7-21-19)23(16-5-12-25-13-6-16)9-8-22-10-14-26-15-11-22/h1-4,7,16,21H,5-6,8-15H2. The molecule has 2 saturated heterocycles. The Bertz CT molecular complexity index is 733. The second-order valence-electron chi connectivity index (χ2n) is 7.04. The molecule has 4 rings (SSSR count). The van der Waals surface area contributed by atoms with Gasteiger partial charge in [-0.3, -0.25) is 9.69 Å². The van der Waals surface area contributed by atoms with Crippen LogP contribution < -0.4 is 0 Å². The van der Waals surface area contributed by atoms with Crippen molar-refractivity contribution >= 4 is 16.8 Å². The Hall–Kier alpha value is -1.89. The van der Waals surface area contributed by atoms with Gasteiger partial charge in [-0.05, 0) is 31.0 Å². The Morgan fingerprint density at radius 2 is 1.88 bits per heavy atom. The maximum Gasteiger partial charge on any atom is 0.254 e. The Morgan fingerprint density at radius 3 is 2.69 bits per heavy atom. The lowest BCUT2D eigenvalue weighted by atomic mass is 10.0. The Kier molecular flexibility index (Phi) is 5.53. The molecule has 1 aromatic carbocycles. The smallest absolute Gasteiger partial charge is 0.254 e. The number of rotatable bonds is 5. The van der Waals surface area contributed by atoms with Crippen molar-refractivity contribution in [3.05, 3.63) is 36.0 Å². The molecule has 2 fully saturated rings. The molecule has 0 atom stereocenters. The second-order valence-corrected chi connectivity index (χ2v) is 7.04. The Labute approximate surface area is 154 Å². The van der Waals surface area contributed by atoms with Crippen molar-refractivity contribution in [1.29, 1.82) is 0 Å². The largest absolute Gasteiger partial charge is 0.381 e. The normalized spacial score (nSPS) is 19.7. The van der Waals surface area contributed by atoms with Gasteiger partial charge in [0.05, 0.1) is 13.2 Å². The fourth-order valence-electron chi connectivity index (χ4n) is 3.95. The number of nitrogens with one attached hydrogen (secondary N) is 1. The molecular weight excluding hydrogens is 330 g/mol. The number of nitrogens with zero attached hydrogens (tertiary/aromatic N) is 2. The van der Waals surface area contributed by atoms with Crippen LogP contribution in [0.25, 0.3) is 10.9 Å². The number of hydrogen-bond donors (Lipinski definition) is 1. The average molecular weight is 357 g/mol. The van der Waals surface area contributed by atoms with E-state index in [-0.39, 0.29) is 11.9 Å². The third-order valence-electron chi connectivity index (χ3n) is 5.48. The summed E-state index contributed by atoms with van der Waals surface area (Å²) in [5.74, 6) is 0.135. The molecule has 2 aliphatic heterocycles. The van der Waals surface area contributed by atoms with Gasteiger partial charge < -0.3 is 19.4 Å². The van der Waals surface area contributed by atoms with Crippen LogP contribution >= 0.6 is 0 Å². The van der Waals surface area contributed by atoms with Crippen molar-refractivity contribution in [3.63, 3.8) is 0 Å². The summed E-state index contributed by atoms with van der Waals surface area (Å²) in [7, 11) is 0. The van der Waals surface area contributed by atoms with E-state index in [2.05, 4.69) is 14.8 Å². The molecule has 0 radical (unpaired) electrons. The Morgan fingerprint density at radius 1 is 1.12 bits per heavy atom. The number of amides is 1. The summed E-state index contributed by atoms with van der Waals surface area (Å²) >= 11 is 0. The minimum atomic E-state index is 0.135. The van der Waals surface area contributed by atoms with E-state index in [4.69, 9.17) is 9.47 Å². The molecule has 3 heterocycles. The average Bonchev–Trinajstić information content (AvgIpc) is 3.18. The fraction of sp³-hybridized carbons (Fsp3) is 0.550. The number of aromatic amines is 1. The van der Waals surface area contributed by atoms with Gasteiger partial charge in [0.2, 0.25) is 0 Å². The van der Waals surface area contributed by atoms with Crippen molar-refractivity contribution in [2.24, 2.45) is 0 Å². The highest BCUT2D eigenvalue weighted by molar-refractivity contribution is 6.06. The lowest BCUT2D eigenvalue weighted by Gasteiger charge is -2.36. The minimum Gasteiger partial charge on any atom is -0.381 e. The number of H-pyrrole nitrogens is 1.